The highest BCUT2D eigenvalue weighted by Crippen LogP contribution is 2.30. The molecular weight excluding hydrogens is 278 g/mol. The van der Waals surface area contributed by atoms with E-state index in [1.54, 1.807) is 0 Å². The molecule has 18 heavy (non-hydrogen) atoms. The quantitative estimate of drug-likeness (QED) is 0.834. The highest BCUT2D eigenvalue weighted by Gasteiger charge is 2.21. The average molecular weight is 298 g/mol. The van der Waals surface area contributed by atoms with Crippen LogP contribution in [0.2, 0.25) is 0 Å². The van der Waals surface area contributed by atoms with E-state index in [0.29, 0.717) is 6.04 Å². The minimum Gasteiger partial charge on any atom is -0.304 e. The average Bonchev–Trinajstić information content (AvgIpc) is 3.01. The molecule has 0 saturated carbocycles. The standard InChI is InChI=1S/C14H19NS3/c1-14(2,16-3)10-15-13(11-6-4-8-17-11)12-7-5-9-18-12/h4-9,13,15H,10H2,1-3H3. The summed E-state index contributed by atoms with van der Waals surface area (Å²) >= 11 is 5.56. The molecule has 0 aliphatic carbocycles. The van der Waals surface area contributed by atoms with Gasteiger partial charge in [0.1, 0.15) is 0 Å². The molecule has 2 aromatic heterocycles. The molecule has 1 nitrogen and oxygen atoms in total. The van der Waals surface area contributed by atoms with E-state index in [1.807, 2.05) is 34.4 Å². The van der Waals surface area contributed by atoms with Gasteiger partial charge < -0.3 is 5.32 Å². The number of rotatable bonds is 6. The minimum atomic E-state index is 0.271. The largest absolute Gasteiger partial charge is 0.304 e. The topological polar surface area (TPSA) is 12.0 Å². The van der Waals surface area contributed by atoms with Gasteiger partial charge in [0.25, 0.3) is 0 Å². The van der Waals surface area contributed by atoms with Gasteiger partial charge in [0, 0.05) is 21.0 Å². The number of thioether (sulfide) groups is 1. The second kappa shape index (κ2) is 6.24. The first-order chi connectivity index (χ1) is 8.62. The SMILES string of the molecule is CSC(C)(C)CNC(c1cccs1)c1cccs1. The number of hydrogen-bond donors (Lipinski definition) is 1. The molecule has 0 radical (unpaired) electrons. The molecule has 1 N–H and O–H groups in total. The summed E-state index contributed by atoms with van der Waals surface area (Å²) in [4.78, 5) is 2.80. The van der Waals surface area contributed by atoms with Gasteiger partial charge >= 0.3 is 0 Å². The van der Waals surface area contributed by atoms with Crippen LogP contribution in [0.4, 0.5) is 0 Å². The van der Waals surface area contributed by atoms with Crippen molar-refractivity contribution in [1.82, 2.24) is 5.32 Å². The summed E-state index contributed by atoms with van der Waals surface area (Å²) in [5.74, 6) is 0. The summed E-state index contributed by atoms with van der Waals surface area (Å²) in [5, 5.41) is 8.02. The van der Waals surface area contributed by atoms with Gasteiger partial charge in [-0.2, -0.15) is 11.8 Å². The van der Waals surface area contributed by atoms with Crippen molar-refractivity contribution >= 4 is 34.4 Å². The van der Waals surface area contributed by atoms with Gasteiger partial charge in [-0.15, -0.1) is 22.7 Å². The van der Waals surface area contributed by atoms with E-state index in [4.69, 9.17) is 0 Å². The van der Waals surface area contributed by atoms with Crippen molar-refractivity contribution < 1.29 is 0 Å². The van der Waals surface area contributed by atoms with Crippen LogP contribution in [0.15, 0.2) is 35.0 Å². The molecule has 0 aromatic carbocycles. The van der Waals surface area contributed by atoms with Gasteiger partial charge in [-0.1, -0.05) is 12.1 Å². The molecule has 0 aliphatic rings. The first-order valence-electron chi connectivity index (χ1n) is 5.98. The molecule has 0 spiro atoms. The molecule has 98 valence electrons. The van der Waals surface area contributed by atoms with Gasteiger partial charge in [0.05, 0.1) is 6.04 Å². The molecule has 0 saturated heterocycles. The Morgan fingerprint density at radius 3 is 2.11 bits per heavy atom. The van der Waals surface area contributed by atoms with Gasteiger partial charge in [-0.3, -0.25) is 0 Å². The second-order valence-corrected chi connectivity index (χ2v) is 8.28. The van der Waals surface area contributed by atoms with Crippen molar-refractivity contribution in [3.8, 4) is 0 Å². The molecule has 0 amide bonds. The van der Waals surface area contributed by atoms with E-state index in [2.05, 4.69) is 60.4 Å². The smallest absolute Gasteiger partial charge is 0.0765 e. The Morgan fingerprint density at radius 2 is 1.72 bits per heavy atom. The van der Waals surface area contributed by atoms with Gasteiger partial charge in [0.15, 0.2) is 0 Å². The van der Waals surface area contributed by atoms with Crippen molar-refractivity contribution in [2.45, 2.75) is 24.6 Å². The Balaban J connectivity index is 2.12. The van der Waals surface area contributed by atoms with Gasteiger partial charge in [-0.25, -0.2) is 0 Å². The first-order valence-corrected chi connectivity index (χ1v) is 8.96. The molecule has 0 bridgehead atoms. The molecule has 0 aliphatic heterocycles. The summed E-state index contributed by atoms with van der Waals surface area (Å²) < 4.78 is 0.271. The van der Waals surface area contributed by atoms with Crippen LogP contribution >= 0.6 is 34.4 Å². The van der Waals surface area contributed by atoms with Crippen molar-refractivity contribution in [3.05, 3.63) is 44.8 Å². The summed E-state index contributed by atoms with van der Waals surface area (Å²) in [6.07, 6.45) is 2.17. The Bertz CT molecular complexity index is 411. The van der Waals surface area contributed by atoms with Crippen molar-refractivity contribution in [3.63, 3.8) is 0 Å². The molecular formula is C14H19NS3. The van der Waals surface area contributed by atoms with Crippen LogP contribution in [0.5, 0.6) is 0 Å². The molecule has 0 unspecified atom stereocenters. The molecule has 0 atom stereocenters. The third-order valence-electron chi connectivity index (χ3n) is 2.94. The minimum absolute atomic E-state index is 0.271. The van der Waals surface area contributed by atoms with E-state index in [1.165, 1.54) is 9.75 Å². The molecule has 0 fully saturated rings. The zero-order chi connectivity index (χ0) is 13.0. The summed E-state index contributed by atoms with van der Waals surface area (Å²) in [6.45, 7) is 5.57. The van der Waals surface area contributed by atoms with Crippen LogP contribution in [0.25, 0.3) is 0 Å². The summed E-state index contributed by atoms with van der Waals surface area (Å²) in [5.41, 5.74) is 0. The lowest BCUT2D eigenvalue weighted by molar-refractivity contribution is 0.551. The Morgan fingerprint density at radius 1 is 1.17 bits per heavy atom. The number of thiophene rings is 2. The molecule has 2 aromatic rings. The maximum absolute atomic E-state index is 3.72. The van der Waals surface area contributed by atoms with Gasteiger partial charge in [-0.05, 0) is 43.0 Å². The van der Waals surface area contributed by atoms with E-state index in [0.717, 1.165) is 6.54 Å². The van der Waals surface area contributed by atoms with Crippen LogP contribution in [0.3, 0.4) is 0 Å². The van der Waals surface area contributed by atoms with Crippen LogP contribution in [0, 0.1) is 0 Å². The normalized spacial score (nSPS) is 12.2. The van der Waals surface area contributed by atoms with Crippen molar-refractivity contribution in [1.29, 1.82) is 0 Å². The molecule has 4 heteroatoms. The predicted octanol–water partition coefficient (Wildman–Crippen LogP) is 4.63. The maximum atomic E-state index is 3.72. The lowest BCUT2D eigenvalue weighted by atomic mass is 10.1. The summed E-state index contributed by atoms with van der Waals surface area (Å²) in [7, 11) is 0. The van der Waals surface area contributed by atoms with Crippen molar-refractivity contribution in [2.75, 3.05) is 12.8 Å². The zero-order valence-corrected chi connectivity index (χ0v) is 13.4. The van der Waals surface area contributed by atoms with Crippen LogP contribution in [0.1, 0.15) is 29.6 Å². The third-order valence-corrected chi connectivity index (χ3v) is 6.06. The highest BCUT2D eigenvalue weighted by molar-refractivity contribution is 7.99. The van der Waals surface area contributed by atoms with E-state index >= 15 is 0 Å². The zero-order valence-electron chi connectivity index (χ0n) is 11.0. The Kier molecular flexibility index (Phi) is 4.90. The fourth-order valence-electron chi connectivity index (χ4n) is 1.67. The van der Waals surface area contributed by atoms with Crippen molar-refractivity contribution in [2.24, 2.45) is 0 Å². The van der Waals surface area contributed by atoms with Crippen LogP contribution in [-0.2, 0) is 0 Å². The lowest BCUT2D eigenvalue weighted by Crippen LogP contribution is -2.34. The number of nitrogens with one attached hydrogen (secondary N) is 1. The number of hydrogen-bond acceptors (Lipinski definition) is 4. The molecule has 2 rings (SSSR count). The molecule has 2 heterocycles. The fraction of sp³-hybridized carbons (Fsp3) is 0.429. The fourth-order valence-corrected chi connectivity index (χ4v) is 3.61. The maximum Gasteiger partial charge on any atom is 0.0765 e. The van der Waals surface area contributed by atoms with E-state index in [9.17, 15) is 0 Å². The lowest BCUT2D eigenvalue weighted by Gasteiger charge is -2.26. The monoisotopic (exact) mass is 297 g/mol. The second-order valence-electron chi connectivity index (χ2n) is 4.81. The van der Waals surface area contributed by atoms with Gasteiger partial charge in [0.2, 0.25) is 0 Å². The Hall–Kier alpha value is -0.290. The van der Waals surface area contributed by atoms with E-state index in [-0.39, 0.29) is 4.75 Å². The van der Waals surface area contributed by atoms with E-state index < -0.39 is 0 Å². The first kappa shape index (κ1) is 14.1. The Labute approximate surface area is 122 Å². The van der Waals surface area contributed by atoms with Crippen LogP contribution < -0.4 is 5.32 Å². The van der Waals surface area contributed by atoms with Crippen LogP contribution in [-0.4, -0.2) is 17.5 Å². The summed E-state index contributed by atoms with van der Waals surface area (Å²) in [6, 6.07) is 9.03. The highest BCUT2D eigenvalue weighted by atomic mass is 32.2. The predicted molar refractivity (Wildman–Crippen MR) is 86.1 cm³/mol. The third kappa shape index (κ3) is 3.60.